The molecule has 3 heterocycles. The molecule has 658 valence electrons. The van der Waals surface area contributed by atoms with Gasteiger partial charge in [-0.1, -0.05) is 38.5 Å². The molecule has 0 aliphatic carbocycles. The number of nitrogens with one attached hydrogen (secondary N) is 7. The Morgan fingerprint density at radius 2 is 0.579 bits per heavy atom. The van der Waals surface area contributed by atoms with E-state index >= 15 is 0 Å². The Balaban J connectivity index is 1.54. The van der Waals surface area contributed by atoms with E-state index in [1.807, 2.05) is 0 Å². The molecule has 0 saturated carbocycles. The number of carbonyl (C=O) groups is 11. The molecule has 19 N–H and O–H groups in total. The minimum absolute atomic E-state index is 0.0971. The van der Waals surface area contributed by atoms with Crippen LogP contribution in [-0.4, -0.2) is 319 Å². The van der Waals surface area contributed by atoms with Crippen LogP contribution >= 0.6 is 0 Å². The van der Waals surface area contributed by atoms with Crippen LogP contribution in [0.3, 0.4) is 0 Å². The SMILES string of the molecule is COC(=O)CCCCCCCCCCC(=O)NC(COCCC(=O)NCCCNC(=O)CCCCOC1OC(COC(C)=O)C(O)C(O)C1N)(COCCC(=O)NCCCNC(=O)CCCCOC1OC(COC(C)=O)C(O)C(O)C1N)COCCC(=O)NCCCNC(=O)CCCCOC1OC(COC(C)=O)C(O)C(O)C1N. The average Bonchev–Trinajstić information content (AvgIpc) is 0.827. The predicted octanol–water partition coefficient (Wildman–Crippen LogP) is -3.43. The van der Waals surface area contributed by atoms with Crippen LogP contribution in [0.15, 0.2) is 0 Å². The molecule has 0 radical (unpaired) electrons. The smallest absolute Gasteiger partial charge is 0.305 e. The molecular formula is C74H132N10O30. The summed E-state index contributed by atoms with van der Waals surface area (Å²) in [5, 5.41) is 81.8. The van der Waals surface area contributed by atoms with Gasteiger partial charge in [-0.2, -0.15) is 0 Å². The van der Waals surface area contributed by atoms with Gasteiger partial charge in [-0.25, -0.2) is 0 Å². The number of ether oxygens (including phenoxy) is 13. The largest absolute Gasteiger partial charge is 0.469 e. The molecular weight excluding hydrogens is 1510 g/mol. The monoisotopic (exact) mass is 1640 g/mol. The number of aliphatic hydroxyl groups is 6. The molecule has 15 atom stereocenters. The Bertz CT molecular complexity index is 2540. The molecule has 3 rings (SSSR count). The molecule has 7 amide bonds. The van der Waals surface area contributed by atoms with Crippen LogP contribution in [0.1, 0.15) is 181 Å². The van der Waals surface area contributed by atoms with Crippen LogP contribution in [0.2, 0.25) is 0 Å². The first-order valence-electron chi connectivity index (χ1n) is 39.8. The van der Waals surface area contributed by atoms with Crippen molar-refractivity contribution >= 4 is 65.2 Å². The minimum atomic E-state index is -1.40. The molecule has 40 heteroatoms. The summed E-state index contributed by atoms with van der Waals surface area (Å²) in [6.07, 6.45) is -3.58. The highest BCUT2D eigenvalue weighted by atomic mass is 16.7. The predicted molar refractivity (Wildman–Crippen MR) is 403 cm³/mol. The molecule has 0 aromatic carbocycles. The Kier molecular flexibility index (Phi) is 53.5. The van der Waals surface area contributed by atoms with Crippen molar-refractivity contribution in [2.45, 2.75) is 279 Å². The third-order valence-electron chi connectivity index (χ3n) is 18.6. The molecule has 3 aliphatic heterocycles. The van der Waals surface area contributed by atoms with E-state index in [1.165, 1.54) is 27.9 Å². The van der Waals surface area contributed by atoms with E-state index in [9.17, 15) is 83.4 Å². The van der Waals surface area contributed by atoms with Crippen LogP contribution in [0.4, 0.5) is 0 Å². The van der Waals surface area contributed by atoms with E-state index in [-0.39, 0.29) is 211 Å². The van der Waals surface area contributed by atoms with Gasteiger partial charge in [-0.3, -0.25) is 52.7 Å². The Hall–Kier alpha value is -6.55. The number of hydrogen-bond donors (Lipinski definition) is 16. The molecule has 0 aromatic heterocycles. The highest BCUT2D eigenvalue weighted by Gasteiger charge is 2.46. The quantitative estimate of drug-likeness (QED) is 0.0160. The highest BCUT2D eigenvalue weighted by Crippen LogP contribution is 2.25. The van der Waals surface area contributed by atoms with Crippen LogP contribution in [-0.2, 0) is 114 Å². The van der Waals surface area contributed by atoms with E-state index in [2.05, 4.69) is 37.2 Å². The summed E-state index contributed by atoms with van der Waals surface area (Å²) in [6.45, 7) is 3.45. The van der Waals surface area contributed by atoms with Gasteiger partial charge >= 0.3 is 23.9 Å². The Morgan fingerprint density at radius 3 is 0.860 bits per heavy atom. The van der Waals surface area contributed by atoms with Gasteiger partial charge in [0.15, 0.2) is 18.9 Å². The molecule has 15 unspecified atom stereocenters. The molecule has 3 fully saturated rings. The standard InChI is InChI=1S/C74H132N10O30/c1-48(85)109-42-51-65(96)68(99)62(75)71(112-51)106-36-16-13-22-54(88)78-30-19-33-81-57(91)27-39-103-45-74(84-60(94)25-11-9-7-5-6-8-10-12-26-61(95)102-4,46-104-40-28-58(92)82-34-20-31-79-55(89)23-14-17-37-107-72-63(76)69(100)66(97)52(113-72)43-110-49(2)86)47-105-41-29-59(93)83-35-21-32-80-56(90)24-15-18-38-108-73-64(77)70(101)67(98)53(114-73)44-111-50(3)87/h51-53,62-73,96-101H,5-47,75-77H2,1-4H3,(H,78,88)(H,79,89)(H,80,90)(H,81,91)(H,82,92)(H,83,93)(H,84,94). The lowest BCUT2D eigenvalue weighted by atomic mass is 9.98. The van der Waals surface area contributed by atoms with Gasteiger partial charge in [0.25, 0.3) is 0 Å². The fourth-order valence-corrected chi connectivity index (χ4v) is 11.8. The molecule has 0 aromatic rings. The summed E-state index contributed by atoms with van der Waals surface area (Å²) < 4.78 is 71.7. The molecule has 3 saturated heterocycles. The molecule has 3 aliphatic rings. The third-order valence-corrected chi connectivity index (χ3v) is 18.6. The van der Waals surface area contributed by atoms with E-state index in [4.69, 9.17) is 78.8 Å². The summed E-state index contributed by atoms with van der Waals surface area (Å²) in [5.41, 5.74) is 16.6. The van der Waals surface area contributed by atoms with Crippen molar-refractivity contribution in [2.24, 2.45) is 17.2 Å². The average molecular weight is 1640 g/mol. The summed E-state index contributed by atoms with van der Waals surface area (Å²) in [5.74, 6) is -4.15. The number of carbonyl (C=O) groups excluding carboxylic acids is 11. The Labute approximate surface area is 666 Å². The van der Waals surface area contributed by atoms with Gasteiger partial charge < -0.3 is 147 Å². The summed E-state index contributed by atoms with van der Waals surface area (Å²) in [4.78, 5) is 136. The molecule has 40 nitrogen and oxygen atoms in total. The van der Waals surface area contributed by atoms with E-state index in [0.717, 1.165) is 44.9 Å². The number of amides is 7. The van der Waals surface area contributed by atoms with Crippen molar-refractivity contribution in [3.8, 4) is 0 Å². The summed E-state index contributed by atoms with van der Waals surface area (Å²) >= 11 is 0. The first-order valence-corrected chi connectivity index (χ1v) is 39.8. The lowest BCUT2D eigenvalue weighted by Crippen LogP contribution is -2.62. The minimum Gasteiger partial charge on any atom is -0.469 e. The first-order chi connectivity index (χ1) is 54.6. The Morgan fingerprint density at radius 1 is 0.325 bits per heavy atom. The molecule has 114 heavy (non-hydrogen) atoms. The maximum Gasteiger partial charge on any atom is 0.305 e. The van der Waals surface area contributed by atoms with Gasteiger partial charge in [0, 0.05) is 131 Å². The lowest BCUT2D eigenvalue weighted by molar-refractivity contribution is -0.267. The molecule has 0 bridgehead atoms. The van der Waals surface area contributed by atoms with Gasteiger partial charge in [-0.05, 0) is 70.6 Å². The zero-order valence-corrected chi connectivity index (χ0v) is 66.8. The van der Waals surface area contributed by atoms with Crippen LogP contribution in [0.5, 0.6) is 0 Å². The number of esters is 4. The number of unbranched alkanes of at least 4 members (excludes halogenated alkanes) is 10. The van der Waals surface area contributed by atoms with Gasteiger partial charge in [0.2, 0.25) is 41.4 Å². The normalized spacial score (nSPS) is 23.9. The highest BCUT2D eigenvalue weighted by molar-refractivity contribution is 5.79. The van der Waals surface area contributed by atoms with Gasteiger partial charge in [-0.15, -0.1) is 0 Å². The number of nitrogens with two attached hydrogens (primary N) is 3. The number of hydrogen-bond acceptors (Lipinski definition) is 33. The summed E-state index contributed by atoms with van der Waals surface area (Å²) in [7, 11) is 1.36. The third kappa shape index (κ3) is 44.7. The maximum atomic E-state index is 13.9. The van der Waals surface area contributed by atoms with Crippen LogP contribution in [0.25, 0.3) is 0 Å². The van der Waals surface area contributed by atoms with Crippen molar-refractivity contribution in [1.82, 2.24) is 37.2 Å². The number of rotatable bonds is 63. The van der Waals surface area contributed by atoms with Crippen LogP contribution < -0.4 is 54.4 Å². The molecule has 0 spiro atoms. The van der Waals surface area contributed by atoms with E-state index in [1.54, 1.807) is 0 Å². The fraction of sp³-hybridized carbons (Fsp3) is 0.851. The second-order valence-corrected chi connectivity index (χ2v) is 28.5. The van der Waals surface area contributed by atoms with Crippen molar-refractivity contribution in [1.29, 1.82) is 0 Å². The van der Waals surface area contributed by atoms with Crippen molar-refractivity contribution < 1.29 is 145 Å². The topological polar surface area (TPSA) is 591 Å². The second kappa shape index (κ2) is 60.0. The summed E-state index contributed by atoms with van der Waals surface area (Å²) in [6, 6.07) is -3.21. The van der Waals surface area contributed by atoms with Crippen molar-refractivity contribution in [3.05, 3.63) is 0 Å². The first kappa shape index (κ1) is 102. The van der Waals surface area contributed by atoms with E-state index in [0.29, 0.717) is 70.6 Å². The zero-order valence-electron chi connectivity index (χ0n) is 66.8. The zero-order chi connectivity index (χ0) is 84.1. The number of methoxy groups -OCH3 is 1. The van der Waals surface area contributed by atoms with Gasteiger partial charge in [0.1, 0.15) is 80.3 Å². The van der Waals surface area contributed by atoms with E-state index < -0.39 is 115 Å². The fourth-order valence-electron chi connectivity index (χ4n) is 11.8. The number of aliphatic hydroxyl groups excluding tert-OH is 6. The van der Waals surface area contributed by atoms with Crippen molar-refractivity contribution in [2.75, 3.05) is 126 Å². The van der Waals surface area contributed by atoms with Crippen LogP contribution in [0, 0.1) is 0 Å². The maximum absolute atomic E-state index is 13.9. The second-order valence-electron chi connectivity index (χ2n) is 28.5. The lowest BCUT2D eigenvalue weighted by Gasteiger charge is -2.40. The van der Waals surface area contributed by atoms with Crippen molar-refractivity contribution in [3.63, 3.8) is 0 Å². The van der Waals surface area contributed by atoms with Gasteiger partial charge in [0.05, 0.1) is 64.9 Å².